The molecule has 0 amide bonds. The lowest BCUT2D eigenvalue weighted by molar-refractivity contribution is 0.440. The number of aromatic hydroxyl groups is 1. The molecule has 2 N–H and O–H groups in total. The monoisotopic (exact) mass is 354 g/mol. The number of rotatable bonds is 5. The summed E-state index contributed by atoms with van der Waals surface area (Å²) in [7, 11) is 0. The highest BCUT2D eigenvalue weighted by atomic mass is 79.9. The molecular weight excluding hydrogens is 340 g/mol. The van der Waals surface area contributed by atoms with E-state index in [1.54, 1.807) is 11.8 Å². The molecule has 2 aromatic rings. The van der Waals surface area contributed by atoms with E-state index in [1.165, 1.54) is 0 Å². The molecule has 0 saturated carbocycles. The van der Waals surface area contributed by atoms with E-state index in [4.69, 9.17) is 0 Å². The first kappa shape index (κ1) is 15.1. The molecule has 0 unspecified atom stereocenters. The highest BCUT2D eigenvalue weighted by Crippen LogP contribution is 2.23. The third-order valence-corrected chi connectivity index (χ3v) is 4.28. The molecule has 0 radical (unpaired) electrons. The Balaban J connectivity index is 2.10. The topological polar surface area (TPSA) is 66.0 Å². The lowest BCUT2D eigenvalue weighted by atomic mass is 10.2. The van der Waals surface area contributed by atoms with Crippen LogP contribution in [0.15, 0.2) is 38.4 Å². The van der Waals surface area contributed by atoms with Crippen LogP contribution in [0.4, 0.5) is 0 Å². The SMILES string of the molecule is CCCc1c(O)nc(CSc2ccc(Br)cc2)[nH]c1=O. The molecule has 0 bridgehead atoms. The molecule has 0 saturated heterocycles. The van der Waals surface area contributed by atoms with Crippen molar-refractivity contribution < 1.29 is 5.11 Å². The Bertz CT molecular complexity index is 641. The number of nitrogens with one attached hydrogen (secondary N) is 1. The van der Waals surface area contributed by atoms with Gasteiger partial charge in [-0.05, 0) is 30.7 Å². The molecule has 20 heavy (non-hydrogen) atoms. The summed E-state index contributed by atoms with van der Waals surface area (Å²) in [6, 6.07) is 7.89. The molecule has 2 rings (SSSR count). The normalized spacial score (nSPS) is 10.7. The van der Waals surface area contributed by atoms with Gasteiger partial charge in [0.2, 0.25) is 5.88 Å². The molecule has 6 heteroatoms. The van der Waals surface area contributed by atoms with Crippen LogP contribution in [0, 0.1) is 0 Å². The van der Waals surface area contributed by atoms with Gasteiger partial charge in [0, 0.05) is 9.37 Å². The maximum Gasteiger partial charge on any atom is 0.257 e. The van der Waals surface area contributed by atoms with Gasteiger partial charge in [0.25, 0.3) is 5.56 Å². The first-order chi connectivity index (χ1) is 9.60. The van der Waals surface area contributed by atoms with Crippen LogP contribution < -0.4 is 5.56 Å². The predicted molar refractivity (Wildman–Crippen MR) is 84.2 cm³/mol. The van der Waals surface area contributed by atoms with Gasteiger partial charge in [0.05, 0.1) is 11.3 Å². The number of aromatic nitrogens is 2. The van der Waals surface area contributed by atoms with Gasteiger partial charge in [-0.15, -0.1) is 11.8 Å². The van der Waals surface area contributed by atoms with Gasteiger partial charge in [-0.25, -0.2) is 0 Å². The number of hydrogen-bond acceptors (Lipinski definition) is 4. The summed E-state index contributed by atoms with van der Waals surface area (Å²) in [6.45, 7) is 1.95. The standard InChI is InChI=1S/C14H15BrN2O2S/c1-2-3-11-13(18)16-12(17-14(11)19)8-20-10-6-4-9(15)5-7-10/h4-7H,2-3,8H2,1H3,(H2,16,17,18,19). The van der Waals surface area contributed by atoms with Gasteiger partial charge in [-0.3, -0.25) is 4.79 Å². The largest absolute Gasteiger partial charge is 0.493 e. The molecule has 0 aliphatic heterocycles. The van der Waals surface area contributed by atoms with Gasteiger partial charge in [0.15, 0.2) is 0 Å². The minimum Gasteiger partial charge on any atom is -0.493 e. The summed E-state index contributed by atoms with van der Waals surface area (Å²) >= 11 is 4.94. The number of benzene rings is 1. The van der Waals surface area contributed by atoms with Crippen molar-refractivity contribution in [2.75, 3.05) is 0 Å². The minimum absolute atomic E-state index is 0.151. The van der Waals surface area contributed by atoms with Gasteiger partial charge in [-0.2, -0.15) is 4.98 Å². The summed E-state index contributed by atoms with van der Waals surface area (Å²) in [5.74, 6) is 0.846. The van der Waals surface area contributed by atoms with Crippen molar-refractivity contribution in [2.45, 2.75) is 30.4 Å². The minimum atomic E-state index is -0.245. The molecule has 1 aromatic carbocycles. The van der Waals surface area contributed by atoms with Crippen LogP contribution in [0.2, 0.25) is 0 Å². The molecule has 1 heterocycles. The summed E-state index contributed by atoms with van der Waals surface area (Å²) in [5, 5.41) is 9.79. The third-order valence-electron chi connectivity index (χ3n) is 2.73. The van der Waals surface area contributed by atoms with Crippen molar-refractivity contribution >= 4 is 27.7 Å². The van der Waals surface area contributed by atoms with Crippen molar-refractivity contribution in [3.05, 3.63) is 50.5 Å². The number of hydrogen-bond donors (Lipinski definition) is 2. The lowest BCUT2D eigenvalue weighted by Gasteiger charge is -2.05. The molecular formula is C14H15BrN2O2S. The highest BCUT2D eigenvalue weighted by Gasteiger charge is 2.09. The van der Waals surface area contributed by atoms with Crippen LogP contribution >= 0.6 is 27.7 Å². The van der Waals surface area contributed by atoms with E-state index in [1.807, 2.05) is 31.2 Å². The predicted octanol–water partition coefficient (Wildman–Crippen LogP) is 3.48. The Morgan fingerprint density at radius 1 is 1.35 bits per heavy atom. The van der Waals surface area contributed by atoms with Crippen molar-refractivity contribution in [3.63, 3.8) is 0 Å². The first-order valence-electron chi connectivity index (χ1n) is 6.29. The number of thioether (sulfide) groups is 1. The average molecular weight is 355 g/mol. The Kier molecular flexibility index (Phi) is 5.25. The van der Waals surface area contributed by atoms with Crippen molar-refractivity contribution in [3.8, 4) is 5.88 Å². The first-order valence-corrected chi connectivity index (χ1v) is 8.07. The van der Waals surface area contributed by atoms with E-state index >= 15 is 0 Å². The Morgan fingerprint density at radius 3 is 2.65 bits per heavy atom. The number of halogens is 1. The molecule has 106 valence electrons. The van der Waals surface area contributed by atoms with E-state index < -0.39 is 0 Å². The smallest absolute Gasteiger partial charge is 0.257 e. The Labute approximate surface area is 129 Å². The summed E-state index contributed by atoms with van der Waals surface area (Å²) in [6.07, 6.45) is 1.33. The van der Waals surface area contributed by atoms with Crippen LogP contribution in [-0.4, -0.2) is 15.1 Å². The number of nitrogens with zero attached hydrogens (tertiary/aromatic N) is 1. The summed E-state index contributed by atoms with van der Waals surface area (Å²) in [5.41, 5.74) is 0.121. The second-order valence-electron chi connectivity index (χ2n) is 4.31. The van der Waals surface area contributed by atoms with Crippen molar-refractivity contribution in [1.82, 2.24) is 9.97 Å². The molecule has 4 nitrogen and oxygen atoms in total. The van der Waals surface area contributed by atoms with Crippen LogP contribution in [0.1, 0.15) is 24.7 Å². The van der Waals surface area contributed by atoms with Crippen LogP contribution in [0.5, 0.6) is 5.88 Å². The fraction of sp³-hybridized carbons (Fsp3) is 0.286. The van der Waals surface area contributed by atoms with E-state index in [0.717, 1.165) is 15.8 Å². The van der Waals surface area contributed by atoms with Gasteiger partial charge < -0.3 is 10.1 Å². The second-order valence-corrected chi connectivity index (χ2v) is 6.27. The Morgan fingerprint density at radius 2 is 2.05 bits per heavy atom. The molecule has 0 spiro atoms. The van der Waals surface area contributed by atoms with E-state index in [2.05, 4.69) is 25.9 Å². The van der Waals surface area contributed by atoms with Crippen LogP contribution in [0.3, 0.4) is 0 Å². The molecule has 0 aliphatic carbocycles. The van der Waals surface area contributed by atoms with Gasteiger partial charge in [-0.1, -0.05) is 29.3 Å². The molecule has 1 aromatic heterocycles. The summed E-state index contributed by atoms with van der Waals surface area (Å²) in [4.78, 5) is 19.7. The van der Waals surface area contributed by atoms with E-state index in [0.29, 0.717) is 23.6 Å². The quantitative estimate of drug-likeness (QED) is 0.806. The fourth-order valence-corrected chi connectivity index (χ4v) is 2.79. The van der Waals surface area contributed by atoms with Crippen LogP contribution in [-0.2, 0) is 12.2 Å². The summed E-state index contributed by atoms with van der Waals surface area (Å²) < 4.78 is 1.02. The number of H-pyrrole nitrogens is 1. The highest BCUT2D eigenvalue weighted by molar-refractivity contribution is 9.10. The zero-order valence-electron chi connectivity index (χ0n) is 11.0. The van der Waals surface area contributed by atoms with Crippen molar-refractivity contribution in [2.24, 2.45) is 0 Å². The van der Waals surface area contributed by atoms with Crippen molar-refractivity contribution in [1.29, 1.82) is 0 Å². The second kappa shape index (κ2) is 6.95. The fourth-order valence-electron chi connectivity index (χ4n) is 1.76. The zero-order valence-corrected chi connectivity index (χ0v) is 13.4. The molecule has 0 atom stereocenters. The lowest BCUT2D eigenvalue weighted by Crippen LogP contribution is -2.16. The zero-order chi connectivity index (χ0) is 14.5. The maximum absolute atomic E-state index is 11.8. The maximum atomic E-state index is 11.8. The van der Waals surface area contributed by atoms with E-state index in [9.17, 15) is 9.90 Å². The number of aromatic amines is 1. The van der Waals surface area contributed by atoms with Gasteiger partial charge >= 0.3 is 0 Å². The van der Waals surface area contributed by atoms with E-state index in [-0.39, 0.29) is 11.4 Å². The average Bonchev–Trinajstić information content (AvgIpc) is 2.42. The molecule has 0 aliphatic rings. The Hall–Kier alpha value is -1.27. The van der Waals surface area contributed by atoms with Gasteiger partial charge in [0.1, 0.15) is 5.82 Å². The van der Waals surface area contributed by atoms with Crippen LogP contribution in [0.25, 0.3) is 0 Å². The molecule has 0 fully saturated rings. The third kappa shape index (κ3) is 3.86.